The first-order valence-electron chi connectivity index (χ1n) is 7.85. The quantitative estimate of drug-likeness (QED) is 0.291. The molecule has 5 nitrogen and oxygen atoms in total. The van der Waals surface area contributed by atoms with Crippen molar-refractivity contribution in [3.05, 3.63) is 65.7 Å². The molecule has 0 heterocycles. The third-order valence-corrected chi connectivity index (χ3v) is 4.44. The Morgan fingerprint density at radius 3 is 2.77 bits per heavy atom. The number of aromatic hydroxyl groups is 1. The number of halogens is 1. The van der Waals surface area contributed by atoms with Crippen LogP contribution in [0.1, 0.15) is 12.0 Å². The number of hydrogen-bond acceptors (Lipinski definition) is 5. The van der Waals surface area contributed by atoms with Gasteiger partial charge >= 0.3 is 0 Å². The number of carbonyl (C=O) groups excluding carboxylic acids is 1. The van der Waals surface area contributed by atoms with E-state index in [0.29, 0.717) is 35.1 Å². The van der Waals surface area contributed by atoms with E-state index in [-0.39, 0.29) is 11.7 Å². The Kier molecular flexibility index (Phi) is 8.05. The lowest BCUT2D eigenvalue weighted by Gasteiger charge is -2.05. The van der Waals surface area contributed by atoms with Gasteiger partial charge in [-0.1, -0.05) is 24.3 Å². The molecule has 0 bridgehead atoms. The second-order valence-corrected chi connectivity index (χ2v) is 6.77. The van der Waals surface area contributed by atoms with Gasteiger partial charge in [0.15, 0.2) is 0 Å². The second kappa shape index (κ2) is 10.5. The first-order valence-corrected chi connectivity index (χ1v) is 9.22. The van der Waals surface area contributed by atoms with Crippen molar-refractivity contribution in [2.75, 3.05) is 12.4 Å². The largest absolute Gasteiger partial charge is 0.507 e. The van der Waals surface area contributed by atoms with Crippen molar-refractivity contribution in [2.24, 2.45) is 5.10 Å². The van der Waals surface area contributed by atoms with Crippen LogP contribution in [0, 0.1) is 0 Å². The molecule has 2 aromatic rings. The first-order chi connectivity index (χ1) is 12.6. The molecule has 7 heteroatoms. The Morgan fingerprint density at radius 2 is 2.08 bits per heavy atom. The average molecular weight is 391 g/mol. The molecule has 2 rings (SSSR count). The lowest BCUT2D eigenvalue weighted by atomic mass is 10.2. The Bertz CT molecular complexity index is 779. The fraction of sp³-hybridized carbons (Fsp3) is 0.158. The number of hydrazone groups is 1. The molecule has 0 aliphatic heterocycles. The van der Waals surface area contributed by atoms with E-state index in [4.69, 9.17) is 16.3 Å². The van der Waals surface area contributed by atoms with Crippen LogP contribution in [-0.2, 0) is 4.79 Å². The van der Waals surface area contributed by atoms with Crippen LogP contribution < -0.4 is 10.2 Å². The first kappa shape index (κ1) is 19.9. The summed E-state index contributed by atoms with van der Waals surface area (Å²) in [6, 6.07) is 12.3. The van der Waals surface area contributed by atoms with E-state index in [1.807, 2.05) is 24.3 Å². The van der Waals surface area contributed by atoms with E-state index in [1.54, 1.807) is 30.0 Å². The molecule has 26 heavy (non-hydrogen) atoms. The number of carbonyl (C=O) groups is 1. The van der Waals surface area contributed by atoms with Crippen molar-refractivity contribution in [3.8, 4) is 11.5 Å². The number of nitrogens with one attached hydrogen (secondary N) is 1. The highest BCUT2D eigenvalue weighted by atomic mass is 35.5. The lowest BCUT2D eigenvalue weighted by molar-refractivity contribution is -0.120. The van der Waals surface area contributed by atoms with Gasteiger partial charge in [-0.2, -0.15) is 5.10 Å². The van der Waals surface area contributed by atoms with Gasteiger partial charge in [0.1, 0.15) is 18.1 Å². The molecule has 0 saturated carbocycles. The number of rotatable bonds is 9. The standard InChI is InChI=1S/C19H19ClN2O3S/c1-2-10-25-16-6-3-14(18(23)12-16)13-21-22-19(24)9-11-26-17-7-4-15(20)5-8-17/h2-8,12-13,23H,1,9-11H2,(H,22,24)/b21-13-. The van der Waals surface area contributed by atoms with Gasteiger partial charge < -0.3 is 9.84 Å². The van der Waals surface area contributed by atoms with Crippen LogP contribution in [0.25, 0.3) is 0 Å². The van der Waals surface area contributed by atoms with E-state index in [9.17, 15) is 9.90 Å². The van der Waals surface area contributed by atoms with E-state index >= 15 is 0 Å². The maximum Gasteiger partial charge on any atom is 0.240 e. The molecule has 0 aromatic heterocycles. The smallest absolute Gasteiger partial charge is 0.240 e. The summed E-state index contributed by atoms with van der Waals surface area (Å²) in [6.45, 7) is 3.92. The molecule has 0 spiro atoms. The zero-order chi connectivity index (χ0) is 18.8. The number of amides is 1. The van der Waals surface area contributed by atoms with Crippen molar-refractivity contribution in [1.29, 1.82) is 0 Å². The Morgan fingerprint density at radius 1 is 1.31 bits per heavy atom. The summed E-state index contributed by atoms with van der Waals surface area (Å²) < 4.78 is 5.32. The summed E-state index contributed by atoms with van der Waals surface area (Å²) in [5, 5.41) is 14.5. The molecule has 0 aliphatic carbocycles. The van der Waals surface area contributed by atoms with Crippen LogP contribution in [0.15, 0.2) is 65.1 Å². The number of phenols is 1. The van der Waals surface area contributed by atoms with Crippen molar-refractivity contribution < 1.29 is 14.6 Å². The van der Waals surface area contributed by atoms with Gasteiger partial charge in [-0.05, 0) is 36.4 Å². The van der Waals surface area contributed by atoms with E-state index in [0.717, 1.165) is 4.90 Å². The number of phenolic OH excluding ortho intramolecular Hbond substituents is 1. The Hall–Kier alpha value is -2.44. The maximum absolute atomic E-state index is 11.8. The van der Waals surface area contributed by atoms with Crippen LogP contribution >= 0.6 is 23.4 Å². The molecule has 1 amide bonds. The minimum atomic E-state index is -0.201. The van der Waals surface area contributed by atoms with Crippen molar-refractivity contribution >= 4 is 35.5 Å². The molecule has 2 N–H and O–H groups in total. The molecule has 0 fully saturated rings. The summed E-state index contributed by atoms with van der Waals surface area (Å²) in [5.41, 5.74) is 2.92. The van der Waals surface area contributed by atoms with Crippen LogP contribution in [0.2, 0.25) is 5.02 Å². The van der Waals surface area contributed by atoms with Crippen LogP contribution in [0.4, 0.5) is 0 Å². The highest BCUT2D eigenvalue weighted by Gasteiger charge is 2.03. The van der Waals surface area contributed by atoms with Gasteiger partial charge in [0.05, 0.1) is 6.21 Å². The van der Waals surface area contributed by atoms with Crippen molar-refractivity contribution in [2.45, 2.75) is 11.3 Å². The van der Waals surface area contributed by atoms with Gasteiger partial charge in [-0.15, -0.1) is 11.8 Å². The Labute approximate surface area is 161 Å². The number of thioether (sulfide) groups is 1. The summed E-state index contributed by atoms with van der Waals surface area (Å²) >= 11 is 7.39. The second-order valence-electron chi connectivity index (χ2n) is 5.17. The van der Waals surface area contributed by atoms with Gasteiger partial charge in [-0.25, -0.2) is 5.43 Å². The van der Waals surface area contributed by atoms with Gasteiger partial charge in [-0.3, -0.25) is 4.79 Å². The summed E-state index contributed by atoms with van der Waals surface area (Å²) in [5.74, 6) is 0.975. The molecule has 0 saturated heterocycles. The minimum Gasteiger partial charge on any atom is -0.507 e. The number of ether oxygens (including phenoxy) is 1. The molecule has 2 aromatic carbocycles. The molecular weight excluding hydrogens is 372 g/mol. The SMILES string of the molecule is C=CCOc1ccc(/C=N\NC(=O)CCSc2ccc(Cl)cc2)c(O)c1. The van der Waals surface area contributed by atoms with Gasteiger partial charge in [0.2, 0.25) is 5.91 Å². The van der Waals surface area contributed by atoms with E-state index < -0.39 is 0 Å². The molecule has 0 aliphatic rings. The molecular formula is C19H19ClN2O3S. The highest BCUT2D eigenvalue weighted by molar-refractivity contribution is 7.99. The predicted molar refractivity (Wildman–Crippen MR) is 106 cm³/mol. The molecule has 136 valence electrons. The van der Waals surface area contributed by atoms with E-state index in [2.05, 4.69) is 17.1 Å². The van der Waals surface area contributed by atoms with Crippen LogP contribution in [0.5, 0.6) is 11.5 Å². The molecule has 0 radical (unpaired) electrons. The topological polar surface area (TPSA) is 70.9 Å². The van der Waals surface area contributed by atoms with Gasteiger partial charge in [0.25, 0.3) is 0 Å². The summed E-state index contributed by atoms with van der Waals surface area (Å²) in [6.07, 6.45) is 3.33. The zero-order valence-corrected chi connectivity index (χ0v) is 15.6. The minimum absolute atomic E-state index is 0.0165. The van der Waals surface area contributed by atoms with Crippen LogP contribution in [0.3, 0.4) is 0 Å². The van der Waals surface area contributed by atoms with Crippen molar-refractivity contribution in [3.63, 3.8) is 0 Å². The third-order valence-electron chi connectivity index (χ3n) is 3.17. The van der Waals surface area contributed by atoms with Gasteiger partial charge in [0, 0.05) is 33.7 Å². The summed E-state index contributed by atoms with van der Waals surface area (Å²) in [7, 11) is 0. The molecule has 0 unspecified atom stereocenters. The monoisotopic (exact) mass is 390 g/mol. The zero-order valence-electron chi connectivity index (χ0n) is 14.0. The number of hydrogen-bond donors (Lipinski definition) is 2. The normalized spacial score (nSPS) is 10.7. The number of nitrogens with zero attached hydrogens (tertiary/aromatic N) is 1. The Balaban J connectivity index is 1.75. The fourth-order valence-electron chi connectivity index (χ4n) is 1.90. The predicted octanol–water partition coefficient (Wildman–Crippen LogP) is 4.24. The fourth-order valence-corrected chi connectivity index (χ4v) is 2.88. The highest BCUT2D eigenvalue weighted by Crippen LogP contribution is 2.22. The summed E-state index contributed by atoms with van der Waals surface area (Å²) in [4.78, 5) is 12.8. The third kappa shape index (κ3) is 6.82. The van der Waals surface area contributed by atoms with Crippen LogP contribution in [-0.4, -0.2) is 29.6 Å². The lowest BCUT2D eigenvalue weighted by Crippen LogP contribution is -2.17. The van der Waals surface area contributed by atoms with Crippen molar-refractivity contribution in [1.82, 2.24) is 5.43 Å². The average Bonchev–Trinajstić information content (AvgIpc) is 2.63. The number of benzene rings is 2. The molecule has 0 atom stereocenters. The van der Waals surface area contributed by atoms with E-state index in [1.165, 1.54) is 12.3 Å². The maximum atomic E-state index is 11.8.